The third-order valence-electron chi connectivity index (χ3n) is 2.16. The van der Waals surface area contributed by atoms with Crippen molar-refractivity contribution in [2.24, 2.45) is 0 Å². The molecule has 0 aliphatic heterocycles. The molecule has 0 atom stereocenters. The Labute approximate surface area is 96.3 Å². The fourth-order valence-electron chi connectivity index (χ4n) is 1.62. The van der Waals surface area contributed by atoms with Gasteiger partial charge in [0.2, 0.25) is 0 Å². The Morgan fingerprint density at radius 1 is 1.19 bits per heavy atom. The van der Waals surface area contributed by atoms with Gasteiger partial charge in [0.1, 0.15) is 5.75 Å². The lowest BCUT2D eigenvalue weighted by molar-refractivity contribution is 0.311. The second-order valence-corrected chi connectivity index (χ2v) is 5.37. The third-order valence-corrected chi connectivity index (χ3v) is 2.71. The zero-order chi connectivity index (χ0) is 12.3. The van der Waals surface area contributed by atoms with Gasteiger partial charge in [-0.05, 0) is 30.5 Å². The van der Waals surface area contributed by atoms with Gasteiger partial charge in [0.15, 0.2) is 0 Å². The van der Waals surface area contributed by atoms with Crippen LogP contribution < -0.4 is 4.74 Å². The monoisotopic (exact) mass is 244 g/mol. The normalized spacial score (nSPS) is 11.5. The van der Waals surface area contributed by atoms with Crippen molar-refractivity contribution in [2.75, 3.05) is 13.4 Å². The summed E-state index contributed by atoms with van der Waals surface area (Å²) in [6.45, 7) is 3.88. The highest BCUT2D eigenvalue weighted by Gasteiger charge is 2.07. The molecule has 0 radical (unpaired) electrons. The number of aryl methyl sites for hydroxylation is 2. The number of hydrogen-bond donors (Lipinski definition) is 0. The first-order valence-corrected chi connectivity index (χ1v) is 6.63. The molecule has 0 heterocycles. The van der Waals surface area contributed by atoms with E-state index in [4.69, 9.17) is 8.92 Å². The summed E-state index contributed by atoms with van der Waals surface area (Å²) in [6, 6.07) is 3.72. The minimum atomic E-state index is -3.39. The summed E-state index contributed by atoms with van der Waals surface area (Å²) in [6.07, 6.45) is 1.04. The van der Waals surface area contributed by atoms with E-state index in [0.717, 1.165) is 28.7 Å². The maximum Gasteiger partial charge on any atom is 0.264 e. The van der Waals surface area contributed by atoms with Gasteiger partial charge >= 0.3 is 0 Å². The number of rotatable bonds is 4. The molecule has 0 spiro atoms. The maximum atomic E-state index is 10.9. The molecular formula is C11H16O4S. The van der Waals surface area contributed by atoms with Gasteiger partial charge in [-0.2, -0.15) is 8.42 Å². The van der Waals surface area contributed by atoms with Crippen molar-refractivity contribution in [3.63, 3.8) is 0 Å². The van der Waals surface area contributed by atoms with Crippen molar-refractivity contribution in [2.45, 2.75) is 20.5 Å². The van der Waals surface area contributed by atoms with Crippen molar-refractivity contribution >= 4 is 10.1 Å². The lowest BCUT2D eigenvalue weighted by Gasteiger charge is -2.11. The maximum absolute atomic E-state index is 10.9. The van der Waals surface area contributed by atoms with Gasteiger partial charge in [-0.25, -0.2) is 0 Å². The molecule has 0 N–H and O–H groups in total. The molecule has 0 aliphatic carbocycles. The highest BCUT2D eigenvalue weighted by atomic mass is 32.2. The quantitative estimate of drug-likeness (QED) is 0.758. The van der Waals surface area contributed by atoms with Crippen LogP contribution >= 0.6 is 0 Å². The molecule has 1 aromatic rings. The van der Waals surface area contributed by atoms with Crippen LogP contribution in [0.3, 0.4) is 0 Å². The summed E-state index contributed by atoms with van der Waals surface area (Å²) in [5.41, 5.74) is 2.76. The number of ether oxygens (including phenoxy) is 1. The molecule has 0 saturated heterocycles. The topological polar surface area (TPSA) is 52.6 Å². The number of methoxy groups -OCH3 is 1. The Kier molecular flexibility index (Phi) is 3.93. The van der Waals surface area contributed by atoms with E-state index in [1.165, 1.54) is 0 Å². The average Bonchev–Trinajstić information content (AvgIpc) is 2.13. The number of benzene rings is 1. The molecule has 0 saturated carbocycles. The van der Waals surface area contributed by atoms with E-state index in [1.807, 2.05) is 26.0 Å². The molecule has 1 aromatic carbocycles. The van der Waals surface area contributed by atoms with Crippen molar-refractivity contribution < 1.29 is 17.3 Å². The van der Waals surface area contributed by atoms with Crippen LogP contribution in [0.25, 0.3) is 0 Å². The molecule has 4 nitrogen and oxygen atoms in total. The summed E-state index contributed by atoms with van der Waals surface area (Å²) in [5, 5.41) is 0. The Bertz CT molecular complexity index is 454. The van der Waals surface area contributed by atoms with Crippen LogP contribution in [0.4, 0.5) is 0 Å². The van der Waals surface area contributed by atoms with Crippen LogP contribution in [0, 0.1) is 13.8 Å². The van der Waals surface area contributed by atoms with Crippen molar-refractivity contribution in [1.29, 1.82) is 0 Å². The average molecular weight is 244 g/mol. The van der Waals surface area contributed by atoms with E-state index in [-0.39, 0.29) is 6.61 Å². The fourth-order valence-corrected chi connectivity index (χ4v) is 1.97. The molecule has 16 heavy (non-hydrogen) atoms. The highest BCUT2D eigenvalue weighted by molar-refractivity contribution is 7.85. The summed E-state index contributed by atoms with van der Waals surface area (Å²) in [4.78, 5) is 0. The van der Waals surface area contributed by atoms with E-state index in [2.05, 4.69) is 0 Å². The largest absolute Gasteiger partial charge is 0.496 e. The van der Waals surface area contributed by atoms with Crippen LogP contribution in [-0.4, -0.2) is 21.8 Å². The Hall–Kier alpha value is -1.07. The van der Waals surface area contributed by atoms with Gasteiger partial charge in [-0.15, -0.1) is 0 Å². The van der Waals surface area contributed by atoms with E-state index in [9.17, 15) is 8.42 Å². The fraction of sp³-hybridized carbons (Fsp3) is 0.455. The van der Waals surface area contributed by atoms with Crippen molar-refractivity contribution in [1.82, 2.24) is 0 Å². The van der Waals surface area contributed by atoms with Crippen LogP contribution in [0.2, 0.25) is 0 Å². The van der Waals surface area contributed by atoms with Crippen LogP contribution in [0.1, 0.15) is 16.7 Å². The molecule has 90 valence electrons. The third kappa shape index (κ3) is 3.50. The molecule has 0 unspecified atom stereocenters. The Morgan fingerprint density at radius 2 is 1.69 bits per heavy atom. The molecule has 0 bridgehead atoms. The van der Waals surface area contributed by atoms with E-state index >= 15 is 0 Å². The van der Waals surface area contributed by atoms with Crippen molar-refractivity contribution in [3.05, 3.63) is 28.8 Å². The molecule has 0 aromatic heterocycles. The molecular weight excluding hydrogens is 228 g/mol. The summed E-state index contributed by atoms with van der Waals surface area (Å²) in [5.74, 6) is 0.822. The molecule has 5 heteroatoms. The van der Waals surface area contributed by atoms with Gasteiger partial charge in [0.25, 0.3) is 10.1 Å². The van der Waals surface area contributed by atoms with E-state index in [0.29, 0.717) is 0 Å². The van der Waals surface area contributed by atoms with Crippen molar-refractivity contribution in [3.8, 4) is 5.75 Å². The van der Waals surface area contributed by atoms with Gasteiger partial charge < -0.3 is 4.74 Å². The summed E-state index contributed by atoms with van der Waals surface area (Å²) >= 11 is 0. The minimum absolute atomic E-state index is 0.0600. The predicted molar refractivity (Wildman–Crippen MR) is 62.1 cm³/mol. The second-order valence-electron chi connectivity index (χ2n) is 3.73. The number of hydrogen-bond acceptors (Lipinski definition) is 4. The lowest BCUT2D eigenvalue weighted by atomic mass is 10.1. The lowest BCUT2D eigenvalue weighted by Crippen LogP contribution is -2.03. The van der Waals surface area contributed by atoms with E-state index < -0.39 is 10.1 Å². The van der Waals surface area contributed by atoms with Gasteiger partial charge in [0.05, 0.1) is 20.0 Å². The minimum Gasteiger partial charge on any atom is -0.496 e. The highest BCUT2D eigenvalue weighted by Crippen LogP contribution is 2.24. The Balaban J connectivity index is 2.92. The van der Waals surface area contributed by atoms with E-state index in [1.54, 1.807) is 7.11 Å². The van der Waals surface area contributed by atoms with Gasteiger partial charge in [-0.1, -0.05) is 12.1 Å². The molecule has 0 amide bonds. The Morgan fingerprint density at radius 3 is 2.06 bits per heavy atom. The molecule has 0 aliphatic rings. The summed E-state index contributed by atoms with van der Waals surface area (Å²) in [7, 11) is -1.78. The van der Waals surface area contributed by atoms with Crippen LogP contribution in [0.15, 0.2) is 12.1 Å². The second kappa shape index (κ2) is 4.84. The van der Waals surface area contributed by atoms with Crippen LogP contribution in [0.5, 0.6) is 5.75 Å². The first-order chi connectivity index (χ1) is 7.33. The first kappa shape index (κ1) is 13.0. The van der Waals surface area contributed by atoms with Gasteiger partial charge in [0, 0.05) is 0 Å². The molecule has 1 rings (SSSR count). The molecule has 0 fully saturated rings. The standard InChI is InChI=1S/C11H16O4S/c1-8-5-10(7-15-16(4,12)13)6-9(2)11(8)14-3/h5-6H,7H2,1-4H3. The SMILES string of the molecule is COc1c(C)cc(COS(C)(=O)=O)cc1C. The first-order valence-electron chi connectivity index (χ1n) is 4.82. The van der Waals surface area contributed by atoms with Crippen LogP contribution in [-0.2, 0) is 20.9 Å². The van der Waals surface area contributed by atoms with Gasteiger partial charge in [-0.3, -0.25) is 4.18 Å². The zero-order valence-corrected chi connectivity index (χ0v) is 10.7. The summed E-state index contributed by atoms with van der Waals surface area (Å²) < 4.78 is 31.6. The predicted octanol–water partition coefficient (Wildman–Crippen LogP) is 1.79. The zero-order valence-electron chi connectivity index (χ0n) is 9.90. The smallest absolute Gasteiger partial charge is 0.264 e.